The average Bonchev–Trinajstić information content (AvgIpc) is 3.05. The van der Waals surface area contributed by atoms with Gasteiger partial charge in [0.1, 0.15) is 16.5 Å². The number of aromatic nitrogens is 3. The Morgan fingerprint density at radius 1 is 1.23 bits per heavy atom. The van der Waals surface area contributed by atoms with E-state index < -0.39 is 10.0 Å². The summed E-state index contributed by atoms with van der Waals surface area (Å²) in [6.07, 6.45) is 2.83. The lowest BCUT2D eigenvalue weighted by Crippen LogP contribution is -2.30. The predicted octanol–water partition coefficient (Wildman–Crippen LogP) is 2.31. The second-order valence-electron chi connectivity index (χ2n) is 5.58. The van der Waals surface area contributed by atoms with Gasteiger partial charge in [-0.2, -0.15) is 4.31 Å². The average molecular weight is 338 g/mol. The number of rotatable bonds is 3. The minimum atomic E-state index is -3.25. The first-order valence-corrected chi connectivity index (χ1v) is 9.82. The van der Waals surface area contributed by atoms with Crippen LogP contribution in [0.3, 0.4) is 0 Å². The molecule has 0 aromatic carbocycles. The van der Waals surface area contributed by atoms with Crippen LogP contribution in [0.2, 0.25) is 0 Å². The summed E-state index contributed by atoms with van der Waals surface area (Å²) in [6, 6.07) is 1.62. The van der Waals surface area contributed by atoms with E-state index in [1.165, 1.54) is 21.9 Å². The molecular weight excluding hydrogens is 320 g/mol. The van der Waals surface area contributed by atoms with Crippen molar-refractivity contribution in [1.29, 1.82) is 0 Å². The molecule has 2 aromatic rings. The van der Waals surface area contributed by atoms with E-state index in [4.69, 9.17) is 0 Å². The summed E-state index contributed by atoms with van der Waals surface area (Å²) in [6.45, 7) is 4.37. The normalized spacial score (nSPS) is 19.7. The summed E-state index contributed by atoms with van der Waals surface area (Å²) in [5.41, 5.74) is 2.55. The van der Waals surface area contributed by atoms with Crippen molar-refractivity contribution in [1.82, 2.24) is 19.3 Å². The first kappa shape index (κ1) is 15.5. The van der Waals surface area contributed by atoms with Gasteiger partial charge in [0, 0.05) is 23.3 Å². The summed E-state index contributed by atoms with van der Waals surface area (Å²) in [5, 5.41) is 2.82. The van der Waals surface area contributed by atoms with Crippen molar-refractivity contribution in [3.63, 3.8) is 0 Å². The SMILES string of the molecule is Cc1cc(-c2nc(C)cs2)nc([C@@H]2CCCN2S(C)(=O)=O)n1. The molecule has 1 fully saturated rings. The lowest BCUT2D eigenvalue weighted by atomic mass is 10.2. The molecule has 0 radical (unpaired) electrons. The summed E-state index contributed by atoms with van der Waals surface area (Å²) < 4.78 is 25.3. The summed E-state index contributed by atoms with van der Waals surface area (Å²) in [7, 11) is -3.25. The van der Waals surface area contributed by atoms with Gasteiger partial charge in [-0.05, 0) is 32.8 Å². The Morgan fingerprint density at radius 3 is 2.64 bits per heavy atom. The van der Waals surface area contributed by atoms with Crippen LogP contribution in [-0.2, 0) is 10.0 Å². The van der Waals surface area contributed by atoms with Crippen LogP contribution in [-0.4, -0.2) is 40.5 Å². The highest BCUT2D eigenvalue weighted by atomic mass is 32.2. The second-order valence-corrected chi connectivity index (χ2v) is 8.37. The minimum Gasteiger partial charge on any atom is -0.240 e. The monoisotopic (exact) mass is 338 g/mol. The maximum absolute atomic E-state index is 11.9. The van der Waals surface area contributed by atoms with Crippen LogP contribution in [0.5, 0.6) is 0 Å². The Labute approximate surface area is 134 Å². The number of sulfonamides is 1. The van der Waals surface area contributed by atoms with Crippen LogP contribution in [0.25, 0.3) is 10.7 Å². The zero-order valence-electron chi connectivity index (χ0n) is 12.8. The molecule has 1 aliphatic heterocycles. The third kappa shape index (κ3) is 3.04. The molecule has 0 N–H and O–H groups in total. The summed E-state index contributed by atoms with van der Waals surface area (Å²) >= 11 is 1.54. The lowest BCUT2D eigenvalue weighted by Gasteiger charge is -2.21. The molecule has 118 valence electrons. The molecule has 0 bridgehead atoms. The van der Waals surface area contributed by atoms with E-state index in [9.17, 15) is 8.42 Å². The standard InChI is InChI=1S/C14H18N4O2S2/c1-9-7-11(14-16-10(2)8-21-14)17-13(15-9)12-5-4-6-18(12)22(3,19)20/h7-8,12H,4-6H2,1-3H3/t12-/m0/s1. The van der Waals surface area contributed by atoms with E-state index >= 15 is 0 Å². The van der Waals surface area contributed by atoms with E-state index in [1.807, 2.05) is 25.3 Å². The highest BCUT2D eigenvalue weighted by Crippen LogP contribution is 2.33. The topological polar surface area (TPSA) is 76.1 Å². The molecule has 8 heteroatoms. The lowest BCUT2D eigenvalue weighted by molar-refractivity contribution is 0.386. The van der Waals surface area contributed by atoms with Crippen LogP contribution in [0.15, 0.2) is 11.4 Å². The van der Waals surface area contributed by atoms with Crippen LogP contribution >= 0.6 is 11.3 Å². The molecule has 6 nitrogen and oxygen atoms in total. The Kier molecular flexibility index (Phi) is 4.00. The van der Waals surface area contributed by atoms with Gasteiger partial charge in [-0.25, -0.2) is 23.4 Å². The van der Waals surface area contributed by atoms with Crippen molar-refractivity contribution in [2.24, 2.45) is 0 Å². The fourth-order valence-electron chi connectivity index (χ4n) is 2.72. The van der Waals surface area contributed by atoms with Gasteiger partial charge in [-0.3, -0.25) is 0 Å². The minimum absolute atomic E-state index is 0.269. The van der Waals surface area contributed by atoms with E-state index in [1.54, 1.807) is 0 Å². The van der Waals surface area contributed by atoms with Gasteiger partial charge in [0.2, 0.25) is 10.0 Å². The van der Waals surface area contributed by atoms with Gasteiger partial charge < -0.3 is 0 Å². The van der Waals surface area contributed by atoms with Crippen LogP contribution < -0.4 is 0 Å². The highest BCUT2D eigenvalue weighted by molar-refractivity contribution is 7.88. The van der Waals surface area contributed by atoms with E-state index in [-0.39, 0.29) is 6.04 Å². The van der Waals surface area contributed by atoms with E-state index in [2.05, 4.69) is 15.0 Å². The Hall–Kier alpha value is -1.38. The maximum Gasteiger partial charge on any atom is 0.211 e. The number of nitrogens with zero attached hydrogens (tertiary/aromatic N) is 4. The molecule has 0 unspecified atom stereocenters. The van der Waals surface area contributed by atoms with Crippen molar-refractivity contribution in [3.05, 3.63) is 28.7 Å². The van der Waals surface area contributed by atoms with Crippen molar-refractivity contribution < 1.29 is 8.42 Å². The maximum atomic E-state index is 11.9. The van der Waals surface area contributed by atoms with E-state index in [0.717, 1.165) is 34.9 Å². The second kappa shape index (κ2) is 5.68. The van der Waals surface area contributed by atoms with Gasteiger partial charge in [0.25, 0.3) is 0 Å². The zero-order chi connectivity index (χ0) is 15.9. The third-order valence-electron chi connectivity index (χ3n) is 3.64. The molecule has 1 saturated heterocycles. The van der Waals surface area contributed by atoms with Crippen LogP contribution in [0, 0.1) is 13.8 Å². The first-order valence-electron chi connectivity index (χ1n) is 7.09. The van der Waals surface area contributed by atoms with Gasteiger partial charge in [-0.15, -0.1) is 11.3 Å². The van der Waals surface area contributed by atoms with Crippen LogP contribution in [0.1, 0.15) is 36.1 Å². The van der Waals surface area contributed by atoms with Crippen molar-refractivity contribution >= 4 is 21.4 Å². The number of hydrogen-bond acceptors (Lipinski definition) is 6. The summed E-state index contributed by atoms with van der Waals surface area (Å²) in [4.78, 5) is 13.5. The Morgan fingerprint density at radius 2 is 2.00 bits per heavy atom. The quantitative estimate of drug-likeness (QED) is 0.858. The molecule has 3 heterocycles. The molecule has 0 aliphatic carbocycles. The first-order chi connectivity index (χ1) is 10.3. The van der Waals surface area contributed by atoms with Gasteiger partial charge in [0.05, 0.1) is 12.3 Å². The van der Waals surface area contributed by atoms with Gasteiger partial charge in [0.15, 0.2) is 0 Å². The van der Waals surface area contributed by atoms with Crippen molar-refractivity contribution in [3.8, 4) is 10.7 Å². The Balaban J connectivity index is 2.03. The largest absolute Gasteiger partial charge is 0.240 e. The molecule has 1 aliphatic rings. The number of hydrogen-bond donors (Lipinski definition) is 0. The number of thiazole rings is 1. The third-order valence-corrected chi connectivity index (χ3v) is 5.91. The van der Waals surface area contributed by atoms with Gasteiger partial charge in [-0.1, -0.05) is 0 Å². The predicted molar refractivity (Wildman–Crippen MR) is 86.1 cm³/mol. The van der Waals surface area contributed by atoms with Crippen molar-refractivity contribution in [2.75, 3.05) is 12.8 Å². The highest BCUT2D eigenvalue weighted by Gasteiger charge is 2.34. The molecule has 2 aromatic heterocycles. The fourth-order valence-corrected chi connectivity index (χ4v) is 4.60. The zero-order valence-corrected chi connectivity index (χ0v) is 14.4. The molecular formula is C14H18N4O2S2. The molecule has 1 atom stereocenters. The molecule has 3 rings (SSSR count). The Bertz CT molecular complexity index is 801. The van der Waals surface area contributed by atoms with E-state index in [0.29, 0.717) is 12.4 Å². The molecule has 0 saturated carbocycles. The molecule has 0 amide bonds. The molecule has 0 spiro atoms. The fraction of sp³-hybridized carbons (Fsp3) is 0.500. The summed E-state index contributed by atoms with van der Waals surface area (Å²) in [5.74, 6) is 0.575. The van der Waals surface area contributed by atoms with Crippen molar-refractivity contribution in [2.45, 2.75) is 32.7 Å². The van der Waals surface area contributed by atoms with Gasteiger partial charge >= 0.3 is 0 Å². The smallest absolute Gasteiger partial charge is 0.211 e. The molecule has 22 heavy (non-hydrogen) atoms. The van der Waals surface area contributed by atoms with Crippen LogP contribution in [0.4, 0.5) is 0 Å². The number of aryl methyl sites for hydroxylation is 2.